The van der Waals surface area contributed by atoms with E-state index < -0.39 is 11.7 Å². The van der Waals surface area contributed by atoms with Crippen molar-refractivity contribution in [2.75, 3.05) is 12.3 Å². The quantitative estimate of drug-likeness (QED) is 0.861. The molecule has 18 heavy (non-hydrogen) atoms. The number of aromatic nitrogens is 1. The standard InChI is InChI=1S/C13H19N3O2/c1-13(2,3)18-12(17)16-6-4-5-10-7-11(14)9-15-8-10/h4-5,7-9H,6,14H2,1-3H3,(H,16,17)/b5-4+. The van der Waals surface area contributed by atoms with Crippen molar-refractivity contribution in [3.63, 3.8) is 0 Å². The van der Waals surface area contributed by atoms with Crippen molar-refractivity contribution in [3.8, 4) is 0 Å². The molecule has 1 rings (SSSR count). The summed E-state index contributed by atoms with van der Waals surface area (Å²) in [5, 5.41) is 2.62. The van der Waals surface area contributed by atoms with Gasteiger partial charge < -0.3 is 15.8 Å². The smallest absolute Gasteiger partial charge is 0.407 e. The van der Waals surface area contributed by atoms with Crippen LogP contribution in [0.2, 0.25) is 0 Å². The predicted molar refractivity (Wildman–Crippen MR) is 71.9 cm³/mol. The number of nitrogens with zero attached hydrogens (tertiary/aromatic N) is 1. The summed E-state index contributed by atoms with van der Waals surface area (Å²) in [6.07, 6.45) is 6.48. The third-order valence-electron chi connectivity index (χ3n) is 1.85. The second kappa shape index (κ2) is 6.05. The summed E-state index contributed by atoms with van der Waals surface area (Å²) in [5.74, 6) is 0. The van der Waals surface area contributed by atoms with Crippen LogP contribution in [0.15, 0.2) is 24.5 Å². The van der Waals surface area contributed by atoms with Crippen molar-refractivity contribution in [2.45, 2.75) is 26.4 Å². The maximum absolute atomic E-state index is 11.3. The SMILES string of the molecule is CC(C)(C)OC(=O)NC/C=C/c1cncc(N)c1. The Hall–Kier alpha value is -2.04. The van der Waals surface area contributed by atoms with Crippen LogP contribution in [0, 0.1) is 0 Å². The zero-order valence-corrected chi connectivity index (χ0v) is 10.9. The largest absolute Gasteiger partial charge is 0.444 e. The topological polar surface area (TPSA) is 77.2 Å². The average molecular weight is 249 g/mol. The molecule has 0 aliphatic heterocycles. The maximum Gasteiger partial charge on any atom is 0.407 e. The van der Waals surface area contributed by atoms with Crippen LogP contribution in [0.3, 0.4) is 0 Å². The Labute approximate surface area is 107 Å². The van der Waals surface area contributed by atoms with Crippen LogP contribution in [0.4, 0.5) is 10.5 Å². The first kappa shape index (κ1) is 14.0. The van der Waals surface area contributed by atoms with E-state index in [1.165, 1.54) is 0 Å². The van der Waals surface area contributed by atoms with E-state index in [9.17, 15) is 4.79 Å². The van der Waals surface area contributed by atoms with Crippen LogP contribution < -0.4 is 11.1 Å². The summed E-state index contributed by atoms with van der Waals surface area (Å²) < 4.78 is 5.09. The van der Waals surface area contributed by atoms with Gasteiger partial charge in [-0.1, -0.05) is 12.2 Å². The first-order chi connectivity index (χ1) is 8.37. The highest BCUT2D eigenvalue weighted by Gasteiger charge is 2.14. The van der Waals surface area contributed by atoms with Gasteiger partial charge in [-0.2, -0.15) is 0 Å². The van der Waals surface area contributed by atoms with Crippen molar-refractivity contribution < 1.29 is 9.53 Å². The predicted octanol–water partition coefficient (Wildman–Crippen LogP) is 2.20. The zero-order chi connectivity index (χ0) is 13.6. The molecule has 1 amide bonds. The van der Waals surface area contributed by atoms with E-state index in [-0.39, 0.29) is 0 Å². The number of carbonyl (C=O) groups is 1. The third-order valence-corrected chi connectivity index (χ3v) is 1.85. The molecule has 0 radical (unpaired) electrons. The molecule has 1 heterocycles. The summed E-state index contributed by atoms with van der Waals surface area (Å²) in [6.45, 7) is 5.85. The lowest BCUT2D eigenvalue weighted by atomic mass is 10.2. The van der Waals surface area contributed by atoms with E-state index in [1.54, 1.807) is 24.5 Å². The number of amides is 1. The Morgan fingerprint density at radius 1 is 1.50 bits per heavy atom. The summed E-state index contributed by atoms with van der Waals surface area (Å²) in [6, 6.07) is 1.80. The van der Waals surface area contributed by atoms with E-state index in [4.69, 9.17) is 10.5 Å². The molecule has 0 aliphatic carbocycles. The molecule has 0 unspecified atom stereocenters. The van der Waals surface area contributed by atoms with Crippen LogP contribution in [0.1, 0.15) is 26.3 Å². The minimum absolute atomic E-state index is 0.393. The Kier molecular flexibility index (Phi) is 4.71. The first-order valence-electron chi connectivity index (χ1n) is 5.71. The number of ether oxygens (including phenoxy) is 1. The Balaban J connectivity index is 2.36. The molecule has 0 atom stereocenters. The summed E-state index contributed by atoms with van der Waals surface area (Å²) in [5.41, 5.74) is 6.61. The van der Waals surface area contributed by atoms with Gasteiger partial charge in [-0.3, -0.25) is 4.98 Å². The highest BCUT2D eigenvalue weighted by molar-refractivity contribution is 5.68. The van der Waals surface area contributed by atoms with Crippen molar-refractivity contribution in [1.82, 2.24) is 10.3 Å². The molecule has 5 heteroatoms. The number of rotatable bonds is 3. The number of hydrogen-bond donors (Lipinski definition) is 2. The Morgan fingerprint density at radius 2 is 2.22 bits per heavy atom. The van der Waals surface area contributed by atoms with Gasteiger partial charge in [0, 0.05) is 18.9 Å². The van der Waals surface area contributed by atoms with Gasteiger partial charge in [0.05, 0.1) is 5.69 Å². The van der Waals surface area contributed by atoms with Crippen molar-refractivity contribution in [3.05, 3.63) is 30.1 Å². The minimum atomic E-state index is -0.481. The van der Waals surface area contributed by atoms with Crippen molar-refractivity contribution >= 4 is 17.9 Å². The lowest BCUT2D eigenvalue weighted by Gasteiger charge is -2.19. The average Bonchev–Trinajstić information content (AvgIpc) is 2.22. The fourth-order valence-corrected chi connectivity index (χ4v) is 1.22. The highest BCUT2D eigenvalue weighted by atomic mass is 16.6. The number of carbonyl (C=O) groups excluding carboxylic acids is 1. The van der Waals surface area contributed by atoms with Gasteiger partial charge in [-0.15, -0.1) is 0 Å². The molecule has 5 nitrogen and oxygen atoms in total. The fourth-order valence-electron chi connectivity index (χ4n) is 1.22. The molecular weight excluding hydrogens is 230 g/mol. The van der Waals surface area contributed by atoms with Crippen LogP contribution in [0.5, 0.6) is 0 Å². The number of alkyl carbamates (subject to hydrolysis) is 1. The summed E-state index contributed by atoms with van der Waals surface area (Å²) in [7, 11) is 0. The van der Waals surface area contributed by atoms with Gasteiger partial charge in [0.2, 0.25) is 0 Å². The number of pyridine rings is 1. The number of nitrogens with one attached hydrogen (secondary N) is 1. The third kappa shape index (κ3) is 5.89. The maximum atomic E-state index is 11.3. The number of nitrogen functional groups attached to an aromatic ring is 1. The van der Waals surface area contributed by atoms with Crippen LogP contribution >= 0.6 is 0 Å². The minimum Gasteiger partial charge on any atom is -0.444 e. The Morgan fingerprint density at radius 3 is 2.83 bits per heavy atom. The lowest BCUT2D eigenvalue weighted by molar-refractivity contribution is 0.0534. The molecule has 0 saturated heterocycles. The van der Waals surface area contributed by atoms with E-state index in [1.807, 2.05) is 26.8 Å². The molecule has 3 N–H and O–H groups in total. The molecule has 0 saturated carbocycles. The van der Waals surface area contributed by atoms with E-state index in [0.29, 0.717) is 12.2 Å². The monoisotopic (exact) mass is 249 g/mol. The number of nitrogens with two attached hydrogens (primary N) is 1. The van der Waals surface area contributed by atoms with Gasteiger partial charge in [0.1, 0.15) is 5.60 Å². The van der Waals surface area contributed by atoms with Gasteiger partial charge in [-0.05, 0) is 32.4 Å². The normalized spacial score (nSPS) is 11.5. The van der Waals surface area contributed by atoms with Crippen LogP contribution in [-0.2, 0) is 4.74 Å². The highest BCUT2D eigenvalue weighted by Crippen LogP contribution is 2.07. The van der Waals surface area contributed by atoms with Crippen LogP contribution in [0.25, 0.3) is 6.08 Å². The molecular formula is C13H19N3O2. The molecule has 0 bridgehead atoms. The summed E-state index contributed by atoms with van der Waals surface area (Å²) >= 11 is 0. The number of anilines is 1. The van der Waals surface area contributed by atoms with Gasteiger partial charge in [0.15, 0.2) is 0 Å². The molecule has 1 aromatic rings. The lowest BCUT2D eigenvalue weighted by Crippen LogP contribution is -2.32. The number of hydrogen-bond acceptors (Lipinski definition) is 4. The van der Waals surface area contributed by atoms with Gasteiger partial charge >= 0.3 is 6.09 Å². The summed E-state index contributed by atoms with van der Waals surface area (Å²) in [4.78, 5) is 15.3. The molecule has 98 valence electrons. The van der Waals surface area contributed by atoms with Crippen molar-refractivity contribution in [2.24, 2.45) is 0 Å². The molecule has 0 fully saturated rings. The Bertz CT molecular complexity index is 436. The van der Waals surface area contributed by atoms with E-state index in [2.05, 4.69) is 10.3 Å². The van der Waals surface area contributed by atoms with Crippen LogP contribution in [-0.4, -0.2) is 23.2 Å². The first-order valence-corrected chi connectivity index (χ1v) is 5.71. The molecule has 1 aromatic heterocycles. The van der Waals surface area contributed by atoms with Crippen molar-refractivity contribution in [1.29, 1.82) is 0 Å². The molecule has 0 spiro atoms. The molecule has 0 aromatic carbocycles. The second-order valence-electron chi connectivity index (χ2n) is 4.84. The second-order valence-corrected chi connectivity index (χ2v) is 4.84. The van der Waals surface area contributed by atoms with Gasteiger partial charge in [0.25, 0.3) is 0 Å². The zero-order valence-electron chi connectivity index (χ0n) is 10.9. The molecule has 0 aliphatic rings. The van der Waals surface area contributed by atoms with E-state index >= 15 is 0 Å². The van der Waals surface area contributed by atoms with E-state index in [0.717, 1.165) is 5.56 Å². The fraction of sp³-hybridized carbons (Fsp3) is 0.385. The van der Waals surface area contributed by atoms with Gasteiger partial charge in [-0.25, -0.2) is 4.79 Å².